The van der Waals surface area contributed by atoms with Crippen LogP contribution in [0, 0.1) is 6.92 Å². The second-order valence-electron chi connectivity index (χ2n) is 6.22. The summed E-state index contributed by atoms with van der Waals surface area (Å²) in [4.78, 5) is 28.5. The predicted octanol–water partition coefficient (Wildman–Crippen LogP) is 4.44. The first-order valence-corrected chi connectivity index (χ1v) is 10.9. The van der Waals surface area contributed by atoms with Crippen molar-refractivity contribution in [1.29, 1.82) is 0 Å². The van der Waals surface area contributed by atoms with Crippen molar-refractivity contribution in [1.82, 2.24) is 4.98 Å². The Bertz CT molecular complexity index is 970. The molecule has 2 N–H and O–H groups in total. The molecule has 2 amide bonds. The third-order valence-electron chi connectivity index (χ3n) is 3.94. The van der Waals surface area contributed by atoms with Crippen molar-refractivity contribution in [2.75, 3.05) is 29.2 Å². The van der Waals surface area contributed by atoms with Crippen LogP contribution < -0.4 is 15.4 Å². The van der Waals surface area contributed by atoms with E-state index in [0.29, 0.717) is 5.13 Å². The Hall–Kier alpha value is -2.84. The van der Waals surface area contributed by atoms with E-state index in [0.717, 1.165) is 28.3 Å². The highest BCUT2D eigenvalue weighted by Gasteiger charge is 2.10. The molecule has 0 spiro atoms. The molecule has 0 saturated carbocycles. The average Bonchev–Trinajstić information content (AvgIpc) is 3.18. The van der Waals surface area contributed by atoms with Gasteiger partial charge in [0.25, 0.3) is 0 Å². The molecule has 0 bridgehead atoms. The molecule has 8 heteroatoms. The van der Waals surface area contributed by atoms with Crippen molar-refractivity contribution < 1.29 is 14.3 Å². The number of aryl methyl sites for hydroxylation is 1. The van der Waals surface area contributed by atoms with Crippen molar-refractivity contribution in [2.45, 2.75) is 6.92 Å². The van der Waals surface area contributed by atoms with Crippen LogP contribution in [0.2, 0.25) is 0 Å². The number of aromatic nitrogens is 1. The van der Waals surface area contributed by atoms with Gasteiger partial charge in [0.1, 0.15) is 5.75 Å². The fourth-order valence-electron chi connectivity index (χ4n) is 2.45. The molecule has 0 saturated heterocycles. The van der Waals surface area contributed by atoms with Crippen LogP contribution in [0.1, 0.15) is 5.56 Å². The third kappa shape index (κ3) is 6.33. The number of ether oxygens (including phenoxy) is 1. The Balaban J connectivity index is 1.43. The summed E-state index contributed by atoms with van der Waals surface area (Å²) in [5.74, 6) is 0.840. The van der Waals surface area contributed by atoms with Gasteiger partial charge in [-0.1, -0.05) is 17.7 Å². The number of nitrogens with one attached hydrogen (secondary N) is 2. The topological polar surface area (TPSA) is 80.3 Å². The number of methoxy groups -OCH3 is 1. The average molecular weight is 428 g/mol. The van der Waals surface area contributed by atoms with Gasteiger partial charge in [0.05, 0.1) is 24.3 Å². The summed E-state index contributed by atoms with van der Waals surface area (Å²) < 4.78 is 5.15. The Morgan fingerprint density at radius 2 is 1.66 bits per heavy atom. The minimum atomic E-state index is -0.186. The van der Waals surface area contributed by atoms with Crippen LogP contribution in [0.5, 0.6) is 5.75 Å². The summed E-state index contributed by atoms with van der Waals surface area (Å²) in [6.45, 7) is 1.99. The van der Waals surface area contributed by atoms with Gasteiger partial charge < -0.3 is 15.4 Å². The summed E-state index contributed by atoms with van der Waals surface area (Å²) >= 11 is 2.62. The zero-order valence-electron chi connectivity index (χ0n) is 16.1. The van der Waals surface area contributed by atoms with Gasteiger partial charge in [0, 0.05) is 16.6 Å². The van der Waals surface area contributed by atoms with Crippen LogP contribution >= 0.6 is 23.1 Å². The van der Waals surface area contributed by atoms with Crippen LogP contribution in [-0.2, 0) is 9.59 Å². The van der Waals surface area contributed by atoms with Crippen LogP contribution in [-0.4, -0.2) is 35.4 Å². The molecular formula is C21H21N3O3S2. The summed E-state index contributed by atoms with van der Waals surface area (Å²) in [7, 11) is 1.62. The van der Waals surface area contributed by atoms with Gasteiger partial charge in [-0.15, -0.1) is 23.1 Å². The van der Waals surface area contributed by atoms with Gasteiger partial charge in [-0.2, -0.15) is 0 Å². The van der Waals surface area contributed by atoms with Crippen molar-refractivity contribution in [3.63, 3.8) is 0 Å². The van der Waals surface area contributed by atoms with Gasteiger partial charge in [-0.3, -0.25) is 9.59 Å². The first kappa shape index (κ1) is 20.9. The number of hydrogen-bond acceptors (Lipinski definition) is 6. The summed E-state index contributed by atoms with van der Waals surface area (Å²) in [5.41, 5.74) is 3.62. The lowest BCUT2D eigenvalue weighted by molar-refractivity contribution is -0.114. The van der Waals surface area contributed by atoms with E-state index in [1.807, 2.05) is 60.8 Å². The highest BCUT2D eigenvalue weighted by molar-refractivity contribution is 8.00. The van der Waals surface area contributed by atoms with E-state index in [9.17, 15) is 9.59 Å². The lowest BCUT2D eigenvalue weighted by Gasteiger charge is -2.05. The van der Waals surface area contributed by atoms with Crippen molar-refractivity contribution in [2.24, 2.45) is 0 Å². The number of benzene rings is 2. The first-order valence-electron chi connectivity index (χ1n) is 8.87. The van der Waals surface area contributed by atoms with Crippen LogP contribution in [0.3, 0.4) is 0 Å². The zero-order valence-corrected chi connectivity index (χ0v) is 17.7. The normalized spacial score (nSPS) is 10.4. The van der Waals surface area contributed by atoms with Gasteiger partial charge in [-0.25, -0.2) is 4.98 Å². The van der Waals surface area contributed by atoms with E-state index in [1.54, 1.807) is 7.11 Å². The lowest BCUT2D eigenvalue weighted by Crippen LogP contribution is -2.18. The largest absolute Gasteiger partial charge is 0.497 e. The maximum atomic E-state index is 12.1. The maximum Gasteiger partial charge on any atom is 0.236 e. The molecule has 150 valence electrons. The van der Waals surface area contributed by atoms with E-state index >= 15 is 0 Å². The molecule has 2 aromatic carbocycles. The molecule has 3 aromatic rings. The molecule has 0 aliphatic heterocycles. The maximum absolute atomic E-state index is 12.1. The third-order valence-corrected chi connectivity index (χ3v) is 5.63. The van der Waals surface area contributed by atoms with E-state index in [4.69, 9.17) is 4.74 Å². The number of amides is 2. The van der Waals surface area contributed by atoms with Crippen LogP contribution in [0.15, 0.2) is 53.9 Å². The number of carbonyl (C=O) groups is 2. The predicted molar refractivity (Wildman–Crippen MR) is 120 cm³/mol. The van der Waals surface area contributed by atoms with Gasteiger partial charge >= 0.3 is 0 Å². The number of thiazole rings is 1. The SMILES string of the molecule is COc1ccc(-c2csc(NC(=O)CSCC(=O)Nc3ccc(C)cc3)n2)cc1. The molecule has 1 aromatic heterocycles. The minimum Gasteiger partial charge on any atom is -0.497 e. The number of carbonyl (C=O) groups excluding carboxylic acids is 2. The van der Waals surface area contributed by atoms with Crippen LogP contribution in [0.25, 0.3) is 11.3 Å². The molecule has 1 heterocycles. The fourth-order valence-corrected chi connectivity index (χ4v) is 3.80. The van der Waals surface area contributed by atoms with Crippen LogP contribution in [0.4, 0.5) is 10.8 Å². The van der Waals surface area contributed by atoms with E-state index in [1.165, 1.54) is 23.1 Å². The highest BCUT2D eigenvalue weighted by Crippen LogP contribution is 2.26. The summed E-state index contributed by atoms with van der Waals surface area (Å²) in [5, 5.41) is 8.01. The summed E-state index contributed by atoms with van der Waals surface area (Å²) in [6, 6.07) is 15.1. The molecule has 0 atom stereocenters. The molecular weight excluding hydrogens is 406 g/mol. The molecule has 6 nitrogen and oxygen atoms in total. The number of rotatable bonds is 8. The molecule has 3 rings (SSSR count). The van der Waals surface area contributed by atoms with Gasteiger partial charge in [-0.05, 0) is 43.3 Å². The zero-order chi connectivity index (χ0) is 20.6. The highest BCUT2D eigenvalue weighted by atomic mass is 32.2. The van der Waals surface area contributed by atoms with E-state index in [2.05, 4.69) is 15.6 Å². The standard InChI is InChI=1S/C21H21N3O3S2/c1-14-3-7-16(8-4-14)22-19(25)12-28-13-20(26)24-21-23-18(11-29-21)15-5-9-17(27-2)10-6-15/h3-11H,12-13H2,1-2H3,(H,22,25)(H,23,24,26). The Morgan fingerprint density at radius 3 is 2.31 bits per heavy atom. The molecule has 0 radical (unpaired) electrons. The molecule has 29 heavy (non-hydrogen) atoms. The van der Waals surface area contributed by atoms with Crippen molar-refractivity contribution in [3.05, 3.63) is 59.5 Å². The number of nitrogens with zero attached hydrogens (tertiary/aromatic N) is 1. The second kappa shape index (κ2) is 10.1. The summed E-state index contributed by atoms with van der Waals surface area (Å²) in [6.07, 6.45) is 0. The quantitative estimate of drug-likeness (QED) is 0.556. The molecule has 0 aliphatic rings. The smallest absolute Gasteiger partial charge is 0.236 e. The Kier molecular flexibility index (Phi) is 7.26. The van der Waals surface area contributed by atoms with E-state index in [-0.39, 0.29) is 23.3 Å². The van der Waals surface area contributed by atoms with Gasteiger partial charge in [0.2, 0.25) is 11.8 Å². The van der Waals surface area contributed by atoms with Crippen molar-refractivity contribution in [3.8, 4) is 17.0 Å². The second-order valence-corrected chi connectivity index (χ2v) is 8.07. The van der Waals surface area contributed by atoms with Crippen molar-refractivity contribution >= 4 is 45.7 Å². The number of thioether (sulfide) groups is 1. The Morgan fingerprint density at radius 1 is 1.00 bits per heavy atom. The number of hydrogen-bond donors (Lipinski definition) is 2. The van der Waals surface area contributed by atoms with Gasteiger partial charge in [0.15, 0.2) is 5.13 Å². The minimum absolute atomic E-state index is 0.136. The monoisotopic (exact) mass is 427 g/mol. The molecule has 0 aliphatic carbocycles. The first-order chi connectivity index (χ1) is 14.0. The Labute approximate surface area is 177 Å². The van der Waals surface area contributed by atoms with E-state index < -0.39 is 0 Å². The molecule has 0 fully saturated rings. The lowest BCUT2D eigenvalue weighted by atomic mass is 10.2. The molecule has 0 unspecified atom stereocenters. The number of anilines is 2. The fraction of sp³-hybridized carbons (Fsp3) is 0.190.